The van der Waals surface area contributed by atoms with Crippen molar-refractivity contribution in [2.45, 2.75) is 31.7 Å². The van der Waals surface area contributed by atoms with Crippen LogP contribution in [0.1, 0.15) is 25.7 Å². The van der Waals surface area contributed by atoms with E-state index in [4.69, 9.17) is 16.7 Å². The van der Waals surface area contributed by atoms with Crippen LogP contribution < -0.4 is 5.32 Å². The van der Waals surface area contributed by atoms with E-state index in [2.05, 4.69) is 21.2 Å². The summed E-state index contributed by atoms with van der Waals surface area (Å²) in [4.78, 5) is 24.9. The second-order valence-electron chi connectivity index (χ2n) is 4.97. The van der Waals surface area contributed by atoms with Gasteiger partial charge in [-0.15, -0.1) is 0 Å². The number of carboxylic acid groups (broad SMARTS) is 1. The molecule has 1 aromatic carbocycles. The fraction of sp³-hybridized carbons (Fsp3) is 0.429. The highest BCUT2D eigenvalue weighted by molar-refractivity contribution is 9.10. The summed E-state index contributed by atoms with van der Waals surface area (Å²) in [6.45, 7) is 0.571. The first-order valence-electron chi connectivity index (χ1n) is 6.72. The molecule has 0 bridgehead atoms. The topological polar surface area (TPSA) is 69.6 Å². The van der Waals surface area contributed by atoms with E-state index >= 15 is 0 Å². The van der Waals surface area contributed by atoms with Crippen molar-refractivity contribution in [1.29, 1.82) is 0 Å². The maximum Gasteiger partial charge on any atom is 0.322 e. The molecule has 2 rings (SSSR count). The molecule has 1 fully saturated rings. The maximum absolute atomic E-state index is 12.4. The largest absolute Gasteiger partial charge is 0.481 e. The number of hydrogen-bond acceptors (Lipinski definition) is 2. The van der Waals surface area contributed by atoms with Crippen LogP contribution in [0, 0.1) is 0 Å². The van der Waals surface area contributed by atoms with Gasteiger partial charge in [0.1, 0.15) is 0 Å². The van der Waals surface area contributed by atoms with E-state index in [1.165, 1.54) is 0 Å². The van der Waals surface area contributed by atoms with E-state index in [1.807, 2.05) is 0 Å². The molecule has 1 aliphatic heterocycles. The number of aliphatic carboxylic acids is 1. The Hall–Kier alpha value is -1.27. The molecule has 21 heavy (non-hydrogen) atoms. The predicted molar refractivity (Wildman–Crippen MR) is 84.8 cm³/mol. The molecule has 1 heterocycles. The van der Waals surface area contributed by atoms with Crippen LogP contribution in [-0.2, 0) is 4.79 Å². The van der Waals surface area contributed by atoms with Crippen LogP contribution in [0.3, 0.4) is 0 Å². The van der Waals surface area contributed by atoms with Gasteiger partial charge in [-0.25, -0.2) is 4.79 Å². The monoisotopic (exact) mass is 374 g/mol. The van der Waals surface area contributed by atoms with Crippen LogP contribution in [-0.4, -0.2) is 34.6 Å². The number of carbonyl (C=O) groups is 2. The van der Waals surface area contributed by atoms with Crippen molar-refractivity contribution in [1.82, 2.24) is 4.90 Å². The molecule has 7 heteroatoms. The fourth-order valence-electron chi connectivity index (χ4n) is 2.47. The first-order valence-corrected chi connectivity index (χ1v) is 7.89. The lowest BCUT2D eigenvalue weighted by atomic mass is 10.00. The molecule has 5 nitrogen and oxygen atoms in total. The van der Waals surface area contributed by atoms with Gasteiger partial charge in [0.15, 0.2) is 0 Å². The summed E-state index contributed by atoms with van der Waals surface area (Å²) >= 11 is 9.32. The highest BCUT2D eigenvalue weighted by Gasteiger charge is 2.28. The Morgan fingerprint density at radius 2 is 2.19 bits per heavy atom. The van der Waals surface area contributed by atoms with Crippen molar-refractivity contribution in [3.8, 4) is 0 Å². The number of nitrogens with zero attached hydrogens (tertiary/aromatic N) is 1. The predicted octanol–water partition coefficient (Wildman–Crippen LogP) is 3.96. The minimum Gasteiger partial charge on any atom is -0.481 e. The first-order chi connectivity index (χ1) is 9.99. The zero-order valence-corrected chi connectivity index (χ0v) is 13.7. The van der Waals surface area contributed by atoms with Crippen LogP contribution >= 0.6 is 27.5 Å². The van der Waals surface area contributed by atoms with E-state index in [0.29, 0.717) is 21.7 Å². The standard InChI is InChI=1S/C14H16BrClN2O3/c15-13-10(16)5-3-6-11(13)17-14(21)18-7-2-1-4-9(18)8-12(19)20/h3,5-6,9H,1-2,4,7-8H2,(H,17,21)(H,19,20). The molecular weight excluding hydrogens is 360 g/mol. The zero-order chi connectivity index (χ0) is 15.4. The SMILES string of the molecule is O=C(O)CC1CCCCN1C(=O)Nc1cccc(Cl)c1Br. The van der Waals surface area contributed by atoms with Gasteiger partial charge in [-0.2, -0.15) is 0 Å². The number of halogens is 2. The molecule has 0 aromatic heterocycles. The Balaban J connectivity index is 2.10. The van der Waals surface area contributed by atoms with Gasteiger partial charge in [-0.1, -0.05) is 17.7 Å². The average molecular weight is 376 g/mol. The van der Waals surface area contributed by atoms with Gasteiger partial charge < -0.3 is 15.3 Å². The average Bonchev–Trinajstić information content (AvgIpc) is 2.44. The smallest absolute Gasteiger partial charge is 0.322 e. The normalized spacial score (nSPS) is 18.4. The second kappa shape index (κ2) is 7.13. The number of benzene rings is 1. The molecule has 0 saturated carbocycles. The van der Waals surface area contributed by atoms with E-state index in [1.54, 1.807) is 23.1 Å². The Bertz CT molecular complexity index is 553. The van der Waals surface area contributed by atoms with Gasteiger partial charge in [0.2, 0.25) is 0 Å². The molecular formula is C14H16BrClN2O3. The summed E-state index contributed by atoms with van der Waals surface area (Å²) in [5, 5.41) is 12.2. The molecule has 1 saturated heterocycles. The number of nitrogens with one attached hydrogen (secondary N) is 1. The number of piperidine rings is 1. The molecule has 0 radical (unpaired) electrons. The van der Waals surface area contributed by atoms with E-state index in [-0.39, 0.29) is 18.5 Å². The van der Waals surface area contributed by atoms with Gasteiger partial charge in [0.25, 0.3) is 0 Å². The van der Waals surface area contributed by atoms with Crippen molar-refractivity contribution in [3.63, 3.8) is 0 Å². The number of likely N-dealkylation sites (tertiary alicyclic amines) is 1. The van der Waals surface area contributed by atoms with Crippen LogP contribution in [0.15, 0.2) is 22.7 Å². The molecule has 2 amide bonds. The van der Waals surface area contributed by atoms with E-state index in [0.717, 1.165) is 19.3 Å². The summed E-state index contributed by atoms with van der Waals surface area (Å²) in [5.41, 5.74) is 0.576. The molecule has 0 spiro atoms. The Kier molecular flexibility index (Phi) is 5.47. The van der Waals surface area contributed by atoms with Crippen molar-refractivity contribution < 1.29 is 14.7 Å². The summed E-state index contributed by atoms with van der Waals surface area (Å²) in [6.07, 6.45) is 2.53. The van der Waals surface area contributed by atoms with Gasteiger partial charge in [-0.05, 0) is 47.3 Å². The van der Waals surface area contributed by atoms with Crippen LogP contribution in [0.2, 0.25) is 5.02 Å². The van der Waals surface area contributed by atoms with Crippen molar-refractivity contribution in [2.24, 2.45) is 0 Å². The van der Waals surface area contributed by atoms with Gasteiger partial charge in [0.05, 0.1) is 21.6 Å². The van der Waals surface area contributed by atoms with E-state index < -0.39 is 5.97 Å². The highest BCUT2D eigenvalue weighted by atomic mass is 79.9. The molecule has 2 N–H and O–H groups in total. The number of anilines is 1. The third kappa shape index (κ3) is 4.11. The van der Waals surface area contributed by atoms with E-state index in [9.17, 15) is 9.59 Å². The summed E-state index contributed by atoms with van der Waals surface area (Å²) in [6, 6.07) is 4.66. The van der Waals surface area contributed by atoms with Gasteiger partial charge in [0, 0.05) is 12.6 Å². The molecule has 114 valence electrons. The number of carbonyl (C=O) groups excluding carboxylic acids is 1. The Labute approximate surface area is 136 Å². The minimum absolute atomic E-state index is 0.0237. The lowest BCUT2D eigenvalue weighted by molar-refractivity contribution is -0.138. The lowest BCUT2D eigenvalue weighted by Gasteiger charge is -2.35. The first kappa shape index (κ1) is 16.1. The zero-order valence-electron chi connectivity index (χ0n) is 11.3. The van der Waals surface area contributed by atoms with Crippen molar-refractivity contribution >= 4 is 45.2 Å². The van der Waals surface area contributed by atoms with Gasteiger partial charge in [-0.3, -0.25) is 4.79 Å². The Morgan fingerprint density at radius 1 is 1.43 bits per heavy atom. The number of carboxylic acids is 1. The molecule has 0 aliphatic carbocycles. The highest BCUT2D eigenvalue weighted by Crippen LogP contribution is 2.30. The second-order valence-corrected chi connectivity index (χ2v) is 6.17. The number of amides is 2. The third-order valence-electron chi connectivity index (χ3n) is 3.49. The lowest BCUT2D eigenvalue weighted by Crippen LogP contribution is -2.46. The number of rotatable bonds is 3. The van der Waals surface area contributed by atoms with Crippen LogP contribution in [0.5, 0.6) is 0 Å². The summed E-state index contributed by atoms with van der Waals surface area (Å²) in [7, 11) is 0. The van der Waals surface area contributed by atoms with Crippen LogP contribution in [0.25, 0.3) is 0 Å². The van der Waals surface area contributed by atoms with Crippen molar-refractivity contribution in [3.05, 3.63) is 27.7 Å². The third-order valence-corrected chi connectivity index (χ3v) is 4.89. The molecule has 1 atom stereocenters. The van der Waals surface area contributed by atoms with Gasteiger partial charge >= 0.3 is 12.0 Å². The molecule has 1 aromatic rings. The fourth-order valence-corrected chi connectivity index (χ4v) is 3.01. The number of urea groups is 1. The van der Waals surface area contributed by atoms with Crippen molar-refractivity contribution in [2.75, 3.05) is 11.9 Å². The maximum atomic E-state index is 12.4. The summed E-state index contributed by atoms with van der Waals surface area (Å²) < 4.78 is 0.617. The Morgan fingerprint density at radius 3 is 2.90 bits per heavy atom. The quantitative estimate of drug-likeness (QED) is 0.840. The molecule has 1 unspecified atom stereocenters. The number of hydrogen-bond donors (Lipinski definition) is 2. The minimum atomic E-state index is -0.886. The van der Waals surface area contributed by atoms with Crippen LogP contribution in [0.4, 0.5) is 10.5 Å². The molecule has 1 aliphatic rings. The summed E-state index contributed by atoms with van der Waals surface area (Å²) in [5.74, 6) is -0.886.